The number of nitrogens with zero attached hydrogens (tertiary/aromatic N) is 1. The summed E-state index contributed by atoms with van der Waals surface area (Å²) in [6.45, 7) is 9.60. The summed E-state index contributed by atoms with van der Waals surface area (Å²) in [7, 11) is 3.95. The Labute approximate surface area is 95.2 Å². The van der Waals surface area contributed by atoms with Gasteiger partial charge in [-0.15, -0.1) is 0 Å². The van der Waals surface area contributed by atoms with Crippen LogP contribution in [0.3, 0.4) is 0 Å². The molecule has 0 aliphatic heterocycles. The molecule has 0 aromatic rings. The smallest absolute Gasteiger partial charge is 0.0613 e. The second-order valence-electron chi connectivity index (χ2n) is 4.26. The summed E-state index contributed by atoms with van der Waals surface area (Å²) in [6, 6.07) is 1.18. The molecule has 15 heavy (non-hydrogen) atoms. The van der Waals surface area contributed by atoms with E-state index < -0.39 is 0 Å². The highest BCUT2D eigenvalue weighted by molar-refractivity contribution is 4.67. The van der Waals surface area contributed by atoms with Gasteiger partial charge in [0.15, 0.2) is 0 Å². The maximum Gasteiger partial charge on any atom is 0.0613 e. The van der Waals surface area contributed by atoms with Crippen LogP contribution in [0.2, 0.25) is 0 Å². The Morgan fingerprint density at radius 1 is 1.27 bits per heavy atom. The molecule has 0 heterocycles. The van der Waals surface area contributed by atoms with Crippen molar-refractivity contribution in [2.24, 2.45) is 0 Å². The van der Waals surface area contributed by atoms with Gasteiger partial charge in [-0.25, -0.2) is 0 Å². The van der Waals surface area contributed by atoms with Crippen LogP contribution in [-0.2, 0) is 4.74 Å². The first-order valence-electron chi connectivity index (χ1n) is 6.08. The highest BCUT2D eigenvalue weighted by Crippen LogP contribution is 2.04. The van der Waals surface area contributed by atoms with Crippen molar-refractivity contribution in [3.63, 3.8) is 0 Å². The van der Waals surface area contributed by atoms with Crippen LogP contribution in [0.25, 0.3) is 0 Å². The molecule has 0 fully saturated rings. The molecule has 3 heteroatoms. The van der Waals surface area contributed by atoms with Gasteiger partial charge in [0.05, 0.1) is 6.61 Å². The summed E-state index contributed by atoms with van der Waals surface area (Å²) in [4.78, 5) is 2.44. The quantitative estimate of drug-likeness (QED) is 0.635. The minimum absolute atomic E-state index is 0.449. The van der Waals surface area contributed by atoms with Gasteiger partial charge in [0.1, 0.15) is 0 Å². The predicted octanol–water partition coefficient (Wildman–Crippen LogP) is 1.73. The van der Waals surface area contributed by atoms with Crippen LogP contribution in [0.5, 0.6) is 0 Å². The number of nitrogens with one attached hydrogen (secondary N) is 1. The molecular weight excluding hydrogens is 188 g/mol. The third kappa shape index (κ3) is 6.88. The Hall–Kier alpha value is -0.120. The van der Waals surface area contributed by atoms with Crippen molar-refractivity contribution in [3.05, 3.63) is 0 Å². The van der Waals surface area contributed by atoms with Gasteiger partial charge in [-0.1, -0.05) is 13.8 Å². The molecule has 0 amide bonds. The van der Waals surface area contributed by atoms with Crippen LogP contribution in [-0.4, -0.2) is 50.8 Å². The molecule has 0 bridgehead atoms. The van der Waals surface area contributed by atoms with Crippen molar-refractivity contribution in [3.8, 4) is 0 Å². The molecule has 1 N–H and O–H groups in total. The zero-order valence-electron chi connectivity index (χ0n) is 11.0. The van der Waals surface area contributed by atoms with E-state index in [1.165, 1.54) is 12.8 Å². The number of hydrogen-bond acceptors (Lipinski definition) is 3. The molecule has 0 saturated carbocycles. The first-order chi connectivity index (χ1) is 7.15. The molecule has 0 radical (unpaired) electrons. The number of hydrogen-bond donors (Lipinski definition) is 1. The van der Waals surface area contributed by atoms with Gasteiger partial charge < -0.3 is 15.0 Å². The zero-order chi connectivity index (χ0) is 11.7. The van der Waals surface area contributed by atoms with Crippen molar-refractivity contribution >= 4 is 0 Å². The Balaban J connectivity index is 3.57. The fourth-order valence-corrected chi connectivity index (χ4v) is 1.89. The van der Waals surface area contributed by atoms with E-state index in [-0.39, 0.29) is 0 Å². The molecule has 0 aliphatic carbocycles. The van der Waals surface area contributed by atoms with E-state index in [0.717, 1.165) is 25.7 Å². The monoisotopic (exact) mass is 216 g/mol. The minimum atomic E-state index is 0.449. The lowest BCUT2D eigenvalue weighted by molar-refractivity contribution is 0.167. The normalized spacial score (nSPS) is 13.8. The molecule has 0 aliphatic rings. The van der Waals surface area contributed by atoms with Crippen molar-refractivity contribution in [2.75, 3.05) is 33.9 Å². The van der Waals surface area contributed by atoms with Gasteiger partial charge in [0.2, 0.25) is 0 Å². The lowest BCUT2D eigenvalue weighted by Gasteiger charge is -2.26. The predicted molar refractivity (Wildman–Crippen MR) is 66.3 cm³/mol. The van der Waals surface area contributed by atoms with Crippen LogP contribution >= 0.6 is 0 Å². The van der Waals surface area contributed by atoms with E-state index in [1.807, 2.05) is 0 Å². The highest BCUT2D eigenvalue weighted by Gasteiger charge is 2.09. The minimum Gasteiger partial charge on any atom is -0.383 e. The standard InChI is InChI=1S/C12H28N2O/c1-6-12(7-2)14(4)9-8-13-11(3)10-15-5/h11-13H,6-10H2,1-5H3. The second-order valence-corrected chi connectivity index (χ2v) is 4.26. The molecule has 0 rings (SSSR count). The first kappa shape index (κ1) is 14.9. The summed E-state index contributed by atoms with van der Waals surface area (Å²) in [5.74, 6) is 0. The highest BCUT2D eigenvalue weighted by atomic mass is 16.5. The molecule has 1 atom stereocenters. The summed E-state index contributed by atoms with van der Waals surface area (Å²) in [5, 5.41) is 3.45. The van der Waals surface area contributed by atoms with Crippen molar-refractivity contribution in [1.29, 1.82) is 0 Å². The Kier molecular flexibility index (Phi) is 9.06. The van der Waals surface area contributed by atoms with Crippen LogP contribution in [0.4, 0.5) is 0 Å². The molecule has 3 nitrogen and oxygen atoms in total. The van der Waals surface area contributed by atoms with Crippen molar-refractivity contribution < 1.29 is 4.74 Å². The largest absolute Gasteiger partial charge is 0.383 e. The molecule has 1 unspecified atom stereocenters. The Morgan fingerprint density at radius 2 is 1.87 bits per heavy atom. The second kappa shape index (κ2) is 9.13. The fraction of sp³-hybridized carbons (Fsp3) is 1.00. The number of ether oxygens (including phenoxy) is 1. The maximum absolute atomic E-state index is 5.07. The summed E-state index contributed by atoms with van der Waals surface area (Å²) >= 11 is 0. The van der Waals surface area contributed by atoms with E-state index in [4.69, 9.17) is 4.74 Å². The van der Waals surface area contributed by atoms with Crippen molar-refractivity contribution in [1.82, 2.24) is 10.2 Å². The van der Waals surface area contributed by atoms with Crippen LogP contribution in [0.1, 0.15) is 33.6 Å². The Bertz CT molecular complexity index is 138. The van der Waals surface area contributed by atoms with Gasteiger partial charge in [-0.05, 0) is 26.8 Å². The maximum atomic E-state index is 5.07. The molecule has 0 saturated heterocycles. The van der Waals surface area contributed by atoms with Crippen LogP contribution in [0, 0.1) is 0 Å². The number of methoxy groups -OCH3 is 1. The molecule has 0 aromatic carbocycles. The van der Waals surface area contributed by atoms with E-state index in [2.05, 4.69) is 38.0 Å². The summed E-state index contributed by atoms with van der Waals surface area (Å²) in [6.07, 6.45) is 2.47. The van der Waals surface area contributed by atoms with Crippen molar-refractivity contribution in [2.45, 2.75) is 45.7 Å². The van der Waals surface area contributed by atoms with Crippen LogP contribution < -0.4 is 5.32 Å². The fourth-order valence-electron chi connectivity index (χ4n) is 1.89. The number of rotatable bonds is 9. The lowest BCUT2D eigenvalue weighted by Crippen LogP contribution is -2.40. The average molecular weight is 216 g/mol. The lowest BCUT2D eigenvalue weighted by atomic mass is 10.1. The van der Waals surface area contributed by atoms with E-state index >= 15 is 0 Å². The molecule has 0 spiro atoms. The topological polar surface area (TPSA) is 24.5 Å². The Morgan fingerprint density at radius 3 is 2.33 bits per heavy atom. The SMILES string of the molecule is CCC(CC)N(C)CCNC(C)COC. The van der Waals surface area contributed by atoms with E-state index in [9.17, 15) is 0 Å². The number of likely N-dealkylation sites (N-methyl/N-ethyl adjacent to an activating group) is 1. The van der Waals surface area contributed by atoms with Gasteiger partial charge >= 0.3 is 0 Å². The van der Waals surface area contributed by atoms with E-state index in [1.54, 1.807) is 7.11 Å². The summed E-state index contributed by atoms with van der Waals surface area (Å²) < 4.78 is 5.07. The zero-order valence-corrected chi connectivity index (χ0v) is 11.0. The first-order valence-corrected chi connectivity index (χ1v) is 6.08. The summed E-state index contributed by atoms with van der Waals surface area (Å²) in [5.41, 5.74) is 0. The molecule has 0 aromatic heterocycles. The third-order valence-corrected chi connectivity index (χ3v) is 2.94. The van der Waals surface area contributed by atoms with Crippen LogP contribution in [0.15, 0.2) is 0 Å². The average Bonchev–Trinajstić information content (AvgIpc) is 2.20. The van der Waals surface area contributed by atoms with Gasteiger partial charge in [0, 0.05) is 32.3 Å². The molecule has 92 valence electrons. The van der Waals surface area contributed by atoms with Gasteiger partial charge in [0.25, 0.3) is 0 Å². The van der Waals surface area contributed by atoms with Gasteiger partial charge in [-0.3, -0.25) is 0 Å². The molecular formula is C12H28N2O. The third-order valence-electron chi connectivity index (χ3n) is 2.94. The van der Waals surface area contributed by atoms with E-state index in [0.29, 0.717) is 6.04 Å². The van der Waals surface area contributed by atoms with Gasteiger partial charge in [-0.2, -0.15) is 0 Å².